The van der Waals surface area contributed by atoms with Crippen LogP contribution in [-0.2, 0) is 9.53 Å². The molecular weight excluding hydrogens is 583 g/mol. The molecule has 2 aromatic heterocycles. The summed E-state index contributed by atoms with van der Waals surface area (Å²) in [6.07, 6.45) is 0.445. The molecular formula is C29H34ClFN6O6. The standard InChI is InChI=1S/C29H33FN6O6.ClH/c1-5-19(15-39-24(37)14-31)32-27(38)21-12-9-18(13-22(21)30)26-34-29(42-36-26)23(6-2)40-20-10-7-17(8-11-20)25-33-28(16(3)4)41-35-25;/h7-13,16,19,23H,5-6,14-15,31H2,1-4H3,(H,32,38);1H/t19-,23?;/m1./s1. The van der Waals surface area contributed by atoms with E-state index in [4.69, 9.17) is 24.3 Å². The van der Waals surface area contributed by atoms with Crippen LogP contribution < -0.4 is 15.8 Å². The minimum absolute atomic E-state index is 0. The third-order valence-electron chi connectivity index (χ3n) is 6.33. The second-order valence-corrected chi connectivity index (χ2v) is 9.77. The summed E-state index contributed by atoms with van der Waals surface area (Å²) in [6.45, 7) is 7.33. The van der Waals surface area contributed by atoms with Crippen LogP contribution in [0.25, 0.3) is 22.8 Å². The molecule has 1 amide bonds. The van der Waals surface area contributed by atoms with Gasteiger partial charge in [0.1, 0.15) is 18.2 Å². The SMILES string of the molecule is CCC(Oc1ccc(-c2noc(C(C)C)n2)cc1)c1nc(-c2ccc(C(=O)N[C@H](CC)COC(=O)CN)c(F)c2)no1.Cl. The Bertz CT molecular complexity index is 1510. The molecule has 2 aromatic carbocycles. The predicted octanol–water partition coefficient (Wildman–Crippen LogP) is 5.01. The number of carbonyl (C=O) groups excluding carboxylic acids is 2. The van der Waals surface area contributed by atoms with Gasteiger partial charge in [-0.15, -0.1) is 12.4 Å². The van der Waals surface area contributed by atoms with E-state index < -0.39 is 29.8 Å². The number of rotatable bonds is 13. The van der Waals surface area contributed by atoms with Crippen LogP contribution in [0.1, 0.15) is 74.7 Å². The normalized spacial score (nSPS) is 12.3. The molecule has 1 unspecified atom stereocenters. The summed E-state index contributed by atoms with van der Waals surface area (Å²) in [4.78, 5) is 32.7. The van der Waals surface area contributed by atoms with Crippen molar-refractivity contribution in [1.29, 1.82) is 0 Å². The van der Waals surface area contributed by atoms with Crippen LogP contribution >= 0.6 is 12.4 Å². The number of nitrogens with one attached hydrogen (secondary N) is 1. The first-order valence-electron chi connectivity index (χ1n) is 13.6. The highest BCUT2D eigenvalue weighted by Gasteiger charge is 2.22. The first-order chi connectivity index (χ1) is 20.2. The van der Waals surface area contributed by atoms with Crippen LogP contribution in [-0.4, -0.2) is 51.4 Å². The van der Waals surface area contributed by atoms with Crippen molar-refractivity contribution in [3.63, 3.8) is 0 Å². The fraction of sp³-hybridized carbons (Fsp3) is 0.379. The molecule has 0 radical (unpaired) electrons. The summed E-state index contributed by atoms with van der Waals surface area (Å²) in [5, 5.41) is 10.6. The van der Waals surface area contributed by atoms with Gasteiger partial charge in [0.25, 0.3) is 11.8 Å². The Balaban J connectivity index is 0.00000506. The van der Waals surface area contributed by atoms with E-state index in [2.05, 4.69) is 25.6 Å². The minimum atomic E-state index is -0.768. The van der Waals surface area contributed by atoms with Gasteiger partial charge in [-0.3, -0.25) is 9.59 Å². The molecule has 2 atom stereocenters. The first-order valence-corrected chi connectivity index (χ1v) is 13.6. The molecule has 43 heavy (non-hydrogen) atoms. The van der Waals surface area contributed by atoms with Gasteiger partial charge < -0.3 is 29.6 Å². The van der Waals surface area contributed by atoms with E-state index in [9.17, 15) is 14.0 Å². The number of hydrogen-bond donors (Lipinski definition) is 2. The Labute approximate surface area is 253 Å². The number of nitrogens with two attached hydrogens (primary N) is 1. The van der Waals surface area contributed by atoms with E-state index in [1.807, 2.05) is 32.9 Å². The molecule has 0 aliphatic rings. The molecule has 0 bridgehead atoms. The Morgan fingerprint density at radius 2 is 1.58 bits per heavy atom. The van der Waals surface area contributed by atoms with Gasteiger partial charge in [-0.05, 0) is 49.2 Å². The topological polar surface area (TPSA) is 168 Å². The largest absolute Gasteiger partial charge is 0.481 e. The van der Waals surface area contributed by atoms with Crippen LogP contribution in [0.15, 0.2) is 51.5 Å². The molecule has 0 aliphatic carbocycles. The molecule has 4 aromatic rings. The van der Waals surface area contributed by atoms with Gasteiger partial charge in [0.05, 0.1) is 18.2 Å². The van der Waals surface area contributed by atoms with E-state index in [1.165, 1.54) is 12.1 Å². The van der Waals surface area contributed by atoms with Crippen LogP contribution in [0.5, 0.6) is 5.75 Å². The van der Waals surface area contributed by atoms with Crippen molar-refractivity contribution in [2.75, 3.05) is 13.2 Å². The van der Waals surface area contributed by atoms with Crippen LogP contribution in [0.2, 0.25) is 0 Å². The number of amides is 1. The molecule has 12 nitrogen and oxygen atoms in total. The molecule has 0 fully saturated rings. The van der Waals surface area contributed by atoms with E-state index in [0.717, 1.165) is 11.6 Å². The number of nitrogens with zero attached hydrogens (tertiary/aromatic N) is 4. The number of benzene rings is 2. The van der Waals surface area contributed by atoms with Gasteiger partial charge >= 0.3 is 5.97 Å². The average molecular weight is 617 g/mol. The molecule has 14 heteroatoms. The van der Waals surface area contributed by atoms with Crippen molar-refractivity contribution in [3.8, 4) is 28.5 Å². The summed E-state index contributed by atoms with van der Waals surface area (Å²) in [7, 11) is 0. The lowest BCUT2D eigenvalue weighted by molar-refractivity contribution is -0.142. The van der Waals surface area contributed by atoms with E-state index in [-0.39, 0.29) is 48.8 Å². The van der Waals surface area contributed by atoms with Crippen molar-refractivity contribution in [2.24, 2.45) is 5.73 Å². The Hall–Kier alpha value is -4.36. The minimum Gasteiger partial charge on any atom is -0.481 e. The zero-order chi connectivity index (χ0) is 30.2. The highest BCUT2D eigenvalue weighted by molar-refractivity contribution is 5.95. The number of carbonyl (C=O) groups is 2. The van der Waals surface area contributed by atoms with Gasteiger partial charge in [-0.25, -0.2) is 4.39 Å². The highest BCUT2D eigenvalue weighted by Crippen LogP contribution is 2.28. The maximum Gasteiger partial charge on any atom is 0.319 e. The lowest BCUT2D eigenvalue weighted by atomic mass is 10.1. The maximum absolute atomic E-state index is 14.9. The van der Waals surface area contributed by atoms with Crippen molar-refractivity contribution in [1.82, 2.24) is 25.6 Å². The Morgan fingerprint density at radius 1 is 0.953 bits per heavy atom. The third-order valence-corrected chi connectivity index (χ3v) is 6.33. The van der Waals surface area contributed by atoms with Crippen molar-refractivity contribution < 1.29 is 32.5 Å². The second-order valence-electron chi connectivity index (χ2n) is 9.77. The monoisotopic (exact) mass is 616 g/mol. The third kappa shape index (κ3) is 8.36. The fourth-order valence-electron chi connectivity index (χ4n) is 3.84. The van der Waals surface area contributed by atoms with Gasteiger partial charge in [0, 0.05) is 17.0 Å². The second kappa shape index (κ2) is 15.2. The number of aromatic nitrogens is 4. The number of hydrogen-bond acceptors (Lipinski definition) is 11. The lowest BCUT2D eigenvalue weighted by Gasteiger charge is -2.17. The summed E-state index contributed by atoms with van der Waals surface area (Å²) in [5.74, 6) is 0.121. The quantitative estimate of drug-likeness (QED) is 0.194. The van der Waals surface area contributed by atoms with Gasteiger partial charge in [-0.1, -0.05) is 44.1 Å². The van der Waals surface area contributed by atoms with E-state index in [1.54, 1.807) is 19.1 Å². The van der Waals surface area contributed by atoms with Crippen molar-refractivity contribution in [3.05, 3.63) is 65.6 Å². The molecule has 2 heterocycles. The Kier molecular flexibility index (Phi) is 11.7. The first kappa shape index (κ1) is 33.1. The molecule has 0 spiro atoms. The molecule has 0 saturated carbocycles. The van der Waals surface area contributed by atoms with Crippen molar-refractivity contribution >= 4 is 24.3 Å². The summed E-state index contributed by atoms with van der Waals surface area (Å²) < 4.78 is 36.7. The average Bonchev–Trinajstić information content (AvgIpc) is 3.69. The van der Waals surface area contributed by atoms with E-state index in [0.29, 0.717) is 35.9 Å². The highest BCUT2D eigenvalue weighted by atomic mass is 35.5. The molecule has 3 N–H and O–H groups in total. The van der Waals surface area contributed by atoms with Crippen LogP contribution in [0, 0.1) is 5.82 Å². The van der Waals surface area contributed by atoms with E-state index >= 15 is 0 Å². The molecule has 230 valence electrons. The molecule has 0 saturated heterocycles. The molecule has 0 aliphatic heterocycles. The van der Waals surface area contributed by atoms with Crippen LogP contribution in [0.4, 0.5) is 4.39 Å². The number of esters is 1. The van der Waals surface area contributed by atoms with Gasteiger partial charge in [-0.2, -0.15) is 9.97 Å². The lowest BCUT2D eigenvalue weighted by Crippen LogP contribution is -2.39. The Morgan fingerprint density at radius 3 is 2.16 bits per heavy atom. The van der Waals surface area contributed by atoms with Crippen LogP contribution in [0.3, 0.4) is 0 Å². The van der Waals surface area contributed by atoms with Gasteiger partial charge in [0.15, 0.2) is 6.10 Å². The summed E-state index contributed by atoms with van der Waals surface area (Å²) >= 11 is 0. The number of halogens is 2. The zero-order valence-corrected chi connectivity index (χ0v) is 25.0. The summed E-state index contributed by atoms with van der Waals surface area (Å²) in [5.41, 5.74) is 6.15. The van der Waals surface area contributed by atoms with Gasteiger partial charge in [0.2, 0.25) is 17.5 Å². The number of ether oxygens (including phenoxy) is 2. The maximum atomic E-state index is 14.9. The predicted molar refractivity (Wildman–Crippen MR) is 156 cm³/mol. The fourth-order valence-corrected chi connectivity index (χ4v) is 3.84. The summed E-state index contributed by atoms with van der Waals surface area (Å²) in [6, 6.07) is 10.7. The molecule has 4 rings (SSSR count). The zero-order valence-electron chi connectivity index (χ0n) is 24.2. The van der Waals surface area contributed by atoms with Crippen molar-refractivity contribution in [2.45, 2.75) is 58.6 Å². The smallest absolute Gasteiger partial charge is 0.319 e.